The molecule has 2 aliphatic rings. The topological polar surface area (TPSA) is 26.3 Å². The van der Waals surface area contributed by atoms with Gasteiger partial charge in [0.25, 0.3) is 0 Å². The first-order valence-electron chi connectivity index (χ1n) is 12.0. The van der Waals surface area contributed by atoms with Gasteiger partial charge in [-0.15, -0.1) is 0 Å². The normalized spacial score (nSPS) is 23.9. The SMILES string of the molecule is CCC(c1ccccc1)[Si]1CCC(C2CCC(C(=O)Oc3ccc(F)cc3)CC2)CC1. The van der Waals surface area contributed by atoms with E-state index in [0.717, 1.165) is 43.1 Å². The summed E-state index contributed by atoms with van der Waals surface area (Å²) in [5, 5.41) is 0. The number of ether oxygens (including phenoxy) is 1. The molecule has 0 bridgehead atoms. The van der Waals surface area contributed by atoms with Crippen molar-refractivity contribution in [3.8, 4) is 5.75 Å². The standard InChI is InChI=1S/C27H34FO2Si/c1-2-26(22-6-4-3-5-7-22)31-18-16-21(17-19-31)20-8-10-23(11-9-20)27(29)30-25-14-12-24(28)13-15-25/h3-7,12-15,20-21,23,26H,2,8-11,16-19H2,1H3. The van der Waals surface area contributed by atoms with Gasteiger partial charge in [-0.1, -0.05) is 68.6 Å². The van der Waals surface area contributed by atoms with Crippen molar-refractivity contribution in [2.75, 3.05) is 0 Å². The minimum Gasteiger partial charge on any atom is -0.426 e. The lowest BCUT2D eigenvalue weighted by atomic mass is 9.74. The second-order valence-corrected chi connectivity index (χ2v) is 12.4. The predicted molar refractivity (Wildman–Crippen MR) is 125 cm³/mol. The van der Waals surface area contributed by atoms with E-state index in [1.54, 1.807) is 5.56 Å². The number of rotatable bonds is 6. The molecule has 1 heterocycles. The number of benzene rings is 2. The highest BCUT2D eigenvalue weighted by molar-refractivity contribution is 6.60. The highest BCUT2D eigenvalue weighted by Gasteiger charge is 2.35. The van der Waals surface area contributed by atoms with Crippen LogP contribution in [0.5, 0.6) is 5.75 Å². The van der Waals surface area contributed by atoms with E-state index >= 15 is 0 Å². The van der Waals surface area contributed by atoms with Gasteiger partial charge in [0.2, 0.25) is 0 Å². The lowest BCUT2D eigenvalue weighted by Crippen LogP contribution is -2.33. The molecule has 1 unspecified atom stereocenters. The van der Waals surface area contributed by atoms with E-state index in [4.69, 9.17) is 4.74 Å². The second-order valence-electron chi connectivity index (χ2n) is 9.35. The number of hydrogen-bond donors (Lipinski definition) is 0. The fraction of sp³-hybridized carbons (Fsp3) is 0.519. The first-order valence-corrected chi connectivity index (χ1v) is 14.0. The Hall–Kier alpha value is -1.94. The molecular weight excluding hydrogens is 403 g/mol. The van der Waals surface area contributed by atoms with Crippen molar-refractivity contribution in [2.45, 2.75) is 69.5 Å². The first kappa shape index (κ1) is 22.3. The lowest BCUT2D eigenvalue weighted by Gasteiger charge is -2.38. The Labute approximate surface area is 187 Å². The van der Waals surface area contributed by atoms with Crippen molar-refractivity contribution in [2.24, 2.45) is 17.8 Å². The van der Waals surface area contributed by atoms with Gasteiger partial charge in [-0.25, -0.2) is 4.39 Å². The summed E-state index contributed by atoms with van der Waals surface area (Å²) < 4.78 is 18.5. The summed E-state index contributed by atoms with van der Waals surface area (Å²) in [7, 11) is -0.322. The molecule has 1 radical (unpaired) electrons. The summed E-state index contributed by atoms with van der Waals surface area (Å²) in [5.74, 6) is 1.59. The number of hydrogen-bond acceptors (Lipinski definition) is 2. The number of carbonyl (C=O) groups excluding carboxylic acids is 1. The maximum atomic E-state index is 13.0. The largest absolute Gasteiger partial charge is 0.426 e. The van der Waals surface area contributed by atoms with Crippen LogP contribution in [0.1, 0.15) is 63.0 Å². The average molecular weight is 438 g/mol. The van der Waals surface area contributed by atoms with E-state index < -0.39 is 0 Å². The molecular formula is C27H34FO2Si. The monoisotopic (exact) mass is 437 g/mol. The Bertz CT molecular complexity index is 822. The van der Waals surface area contributed by atoms with Crippen molar-refractivity contribution in [3.63, 3.8) is 0 Å². The molecule has 2 aromatic rings. The van der Waals surface area contributed by atoms with Gasteiger partial charge >= 0.3 is 5.97 Å². The van der Waals surface area contributed by atoms with Crippen molar-refractivity contribution in [3.05, 3.63) is 66.0 Å². The molecule has 0 N–H and O–H groups in total. The molecule has 1 aliphatic carbocycles. The van der Waals surface area contributed by atoms with Gasteiger partial charge in [-0.05, 0) is 72.9 Å². The molecule has 31 heavy (non-hydrogen) atoms. The van der Waals surface area contributed by atoms with Crippen LogP contribution in [-0.2, 0) is 4.79 Å². The van der Waals surface area contributed by atoms with Crippen molar-refractivity contribution in [1.29, 1.82) is 0 Å². The number of carbonyl (C=O) groups is 1. The molecule has 0 amide bonds. The van der Waals surface area contributed by atoms with Crippen LogP contribution in [-0.4, -0.2) is 14.8 Å². The lowest BCUT2D eigenvalue weighted by molar-refractivity contribution is -0.140. The molecule has 165 valence electrons. The van der Waals surface area contributed by atoms with Gasteiger partial charge in [-0.3, -0.25) is 4.79 Å². The molecule has 0 aromatic heterocycles. The van der Waals surface area contributed by atoms with Gasteiger partial charge in [0, 0.05) is 0 Å². The highest BCUT2D eigenvalue weighted by Crippen LogP contribution is 2.43. The first-order chi connectivity index (χ1) is 15.1. The van der Waals surface area contributed by atoms with Crippen LogP contribution >= 0.6 is 0 Å². The van der Waals surface area contributed by atoms with Crippen LogP contribution in [0.25, 0.3) is 0 Å². The Morgan fingerprint density at radius 1 is 0.935 bits per heavy atom. The summed E-state index contributed by atoms with van der Waals surface area (Å²) in [6.45, 7) is 2.35. The van der Waals surface area contributed by atoms with Crippen molar-refractivity contribution >= 4 is 14.8 Å². The molecule has 2 nitrogen and oxygen atoms in total. The summed E-state index contributed by atoms with van der Waals surface area (Å²) in [6.07, 6.45) is 8.18. The molecule has 4 heteroatoms. The van der Waals surface area contributed by atoms with Crippen LogP contribution in [0, 0.1) is 23.6 Å². The molecule has 1 atom stereocenters. The van der Waals surface area contributed by atoms with Crippen LogP contribution in [0.15, 0.2) is 54.6 Å². The maximum Gasteiger partial charge on any atom is 0.314 e. The summed E-state index contributed by atoms with van der Waals surface area (Å²) in [4.78, 5) is 12.5. The van der Waals surface area contributed by atoms with E-state index in [1.807, 2.05) is 0 Å². The molecule has 1 aliphatic heterocycles. The fourth-order valence-electron chi connectivity index (χ4n) is 5.80. The van der Waals surface area contributed by atoms with Gasteiger partial charge in [-0.2, -0.15) is 0 Å². The van der Waals surface area contributed by atoms with E-state index in [0.29, 0.717) is 5.75 Å². The molecule has 1 saturated heterocycles. The fourth-order valence-corrected chi connectivity index (χ4v) is 9.48. The predicted octanol–water partition coefficient (Wildman–Crippen LogP) is 7.18. The molecule has 0 spiro atoms. The zero-order valence-corrected chi connectivity index (χ0v) is 19.6. The zero-order valence-electron chi connectivity index (χ0n) is 18.6. The third kappa shape index (κ3) is 5.65. The third-order valence-electron chi connectivity index (χ3n) is 7.58. The molecule has 1 saturated carbocycles. The number of esters is 1. The van der Waals surface area contributed by atoms with Crippen LogP contribution in [0.2, 0.25) is 12.1 Å². The average Bonchev–Trinajstić information content (AvgIpc) is 2.82. The molecule has 4 rings (SSSR count). The summed E-state index contributed by atoms with van der Waals surface area (Å²) >= 11 is 0. The van der Waals surface area contributed by atoms with Gasteiger partial charge in [0.15, 0.2) is 0 Å². The Kier molecular flexibility index (Phi) is 7.60. The van der Waals surface area contributed by atoms with Crippen molar-refractivity contribution in [1.82, 2.24) is 0 Å². The maximum absolute atomic E-state index is 13.0. The Balaban J connectivity index is 1.23. The van der Waals surface area contributed by atoms with Gasteiger partial charge in [0.05, 0.1) is 14.7 Å². The van der Waals surface area contributed by atoms with E-state index in [1.165, 1.54) is 55.6 Å². The van der Waals surface area contributed by atoms with Crippen molar-refractivity contribution < 1.29 is 13.9 Å². The van der Waals surface area contributed by atoms with Crippen LogP contribution < -0.4 is 4.74 Å². The summed E-state index contributed by atoms with van der Waals surface area (Å²) in [5.41, 5.74) is 2.35. The quantitative estimate of drug-likeness (QED) is 0.272. The minimum absolute atomic E-state index is 0.00734. The minimum atomic E-state index is -0.322. The molecule has 2 aromatic carbocycles. The second kappa shape index (κ2) is 10.6. The summed E-state index contributed by atoms with van der Waals surface area (Å²) in [6, 6.07) is 19.7. The van der Waals surface area contributed by atoms with E-state index in [2.05, 4.69) is 37.3 Å². The van der Waals surface area contributed by atoms with E-state index in [-0.39, 0.29) is 26.5 Å². The molecule has 2 fully saturated rings. The van der Waals surface area contributed by atoms with E-state index in [9.17, 15) is 9.18 Å². The third-order valence-corrected chi connectivity index (χ3v) is 11.2. The number of halogens is 1. The van der Waals surface area contributed by atoms with Gasteiger partial charge in [0.1, 0.15) is 11.6 Å². The van der Waals surface area contributed by atoms with Gasteiger partial charge < -0.3 is 4.74 Å². The Morgan fingerprint density at radius 2 is 1.55 bits per heavy atom. The highest BCUT2D eigenvalue weighted by atomic mass is 28.3. The Morgan fingerprint density at radius 3 is 2.16 bits per heavy atom. The smallest absolute Gasteiger partial charge is 0.314 e. The van der Waals surface area contributed by atoms with Crippen LogP contribution in [0.4, 0.5) is 4.39 Å². The van der Waals surface area contributed by atoms with Crippen LogP contribution in [0.3, 0.4) is 0 Å². The zero-order chi connectivity index (χ0) is 21.6.